The van der Waals surface area contributed by atoms with Crippen LogP contribution >= 0.6 is 0 Å². The van der Waals surface area contributed by atoms with Crippen molar-refractivity contribution in [1.29, 1.82) is 5.26 Å². The smallest absolute Gasteiger partial charge is 0.360 e. The Labute approximate surface area is 161 Å². The van der Waals surface area contributed by atoms with Crippen LogP contribution in [-0.2, 0) is 17.1 Å². The van der Waals surface area contributed by atoms with Gasteiger partial charge in [-0.3, -0.25) is 4.79 Å². The molecule has 0 aromatic heterocycles. The Balaban J connectivity index is 2.30. The third-order valence-electron chi connectivity index (χ3n) is 3.61. The van der Waals surface area contributed by atoms with E-state index in [9.17, 15) is 31.1 Å². The second-order valence-electron chi connectivity index (χ2n) is 5.93. The van der Waals surface area contributed by atoms with E-state index in [4.69, 9.17) is 5.26 Å². The number of hydrogen-bond acceptors (Lipinski definition) is 3. The summed E-state index contributed by atoms with van der Waals surface area (Å²) in [7, 11) is 0. The minimum absolute atomic E-state index is 0.0233. The Morgan fingerprint density at radius 2 is 1.55 bits per heavy atom. The monoisotopic (exact) mass is 413 g/mol. The van der Waals surface area contributed by atoms with Gasteiger partial charge in [-0.1, -0.05) is 12.1 Å². The van der Waals surface area contributed by atoms with Gasteiger partial charge in [0.1, 0.15) is 11.6 Å². The Morgan fingerprint density at radius 1 is 0.966 bits per heavy atom. The first-order valence-corrected chi connectivity index (χ1v) is 7.94. The zero-order chi connectivity index (χ0) is 21.8. The SMILES string of the molecule is Cc1cccc(NC(=O)/C(C#N)=C\Nc2cc(C(F)(F)F)cc(C(F)(F)F)c2)c1. The van der Waals surface area contributed by atoms with Gasteiger partial charge in [-0.2, -0.15) is 31.6 Å². The summed E-state index contributed by atoms with van der Waals surface area (Å²) in [5, 5.41) is 13.7. The van der Waals surface area contributed by atoms with Crippen molar-refractivity contribution in [1.82, 2.24) is 0 Å². The fourth-order valence-corrected chi connectivity index (χ4v) is 2.26. The van der Waals surface area contributed by atoms with Crippen LogP contribution in [0.25, 0.3) is 0 Å². The van der Waals surface area contributed by atoms with Crippen LogP contribution in [0, 0.1) is 18.3 Å². The highest BCUT2D eigenvalue weighted by molar-refractivity contribution is 6.06. The minimum atomic E-state index is -5.01. The second-order valence-corrected chi connectivity index (χ2v) is 5.93. The fraction of sp³-hybridized carbons (Fsp3) is 0.158. The summed E-state index contributed by atoms with van der Waals surface area (Å²) < 4.78 is 77.3. The summed E-state index contributed by atoms with van der Waals surface area (Å²) in [4.78, 5) is 12.1. The molecule has 0 atom stereocenters. The summed E-state index contributed by atoms with van der Waals surface area (Å²) in [6, 6.07) is 8.99. The zero-order valence-electron chi connectivity index (χ0n) is 14.7. The van der Waals surface area contributed by atoms with Crippen molar-refractivity contribution in [2.75, 3.05) is 10.6 Å². The third kappa shape index (κ3) is 6.00. The maximum Gasteiger partial charge on any atom is 0.416 e. The van der Waals surface area contributed by atoms with Gasteiger partial charge in [-0.25, -0.2) is 0 Å². The van der Waals surface area contributed by atoms with Crippen molar-refractivity contribution in [3.8, 4) is 6.07 Å². The van der Waals surface area contributed by atoms with Gasteiger partial charge in [-0.15, -0.1) is 0 Å². The van der Waals surface area contributed by atoms with Crippen molar-refractivity contribution in [3.63, 3.8) is 0 Å². The number of amides is 1. The van der Waals surface area contributed by atoms with Gasteiger partial charge in [0.25, 0.3) is 5.91 Å². The number of aryl methyl sites for hydroxylation is 1. The number of anilines is 2. The lowest BCUT2D eigenvalue weighted by atomic mass is 10.1. The average Bonchev–Trinajstić information content (AvgIpc) is 2.60. The molecule has 0 spiro atoms. The highest BCUT2D eigenvalue weighted by Gasteiger charge is 2.36. The van der Waals surface area contributed by atoms with Crippen LogP contribution in [0.1, 0.15) is 16.7 Å². The molecule has 10 heteroatoms. The standard InChI is InChI=1S/C19H13F6N3O/c1-11-3-2-4-15(5-11)28-17(29)12(9-26)10-27-16-7-13(18(20,21)22)6-14(8-16)19(23,24)25/h2-8,10,27H,1H3,(H,28,29)/b12-10-. The topological polar surface area (TPSA) is 64.9 Å². The van der Waals surface area contributed by atoms with E-state index in [0.717, 1.165) is 11.8 Å². The molecule has 152 valence electrons. The Kier molecular flexibility index (Phi) is 6.21. The van der Waals surface area contributed by atoms with Crippen molar-refractivity contribution >= 4 is 17.3 Å². The van der Waals surface area contributed by atoms with E-state index in [1.807, 2.05) is 0 Å². The van der Waals surface area contributed by atoms with Crippen LogP contribution in [0.15, 0.2) is 54.2 Å². The number of alkyl halides is 6. The van der Waals surface area contributed by atoms with Crippen molar-refractivity contribution < 1.29 is 31.1 Å². The van der Waals surface area contributed by atoms with Crippen LogP contribution in [0.4, 0.5) is 37.7 Å². The summed E-state index contributed by atoms with van der Waals surface area (Å²) in [5.74, 6) is -0.881. The van der Waals surface area contributed by atoms with E-state index >= 15 is 0 Å². The van der Waals surface area contributed by atoms with Gasteiger partial charge in [0.05, 0.1) is 11.1 Å². The minimum Gasteiger partial charge on any atom is -0.360 e. The highest BCUT2D eigenvalue weighted by Crippen LogP contribution is 2.37. The van der Waals surface area contributed by atoms with Gasteiger partial charge in [0, 0.05) is 17.6 Å². The molecule has 1 amide bonds. The molecule has 4 nitrogen and oxygen atoms in total. The molecular weight excluding hydrogens is 400 g/mol. The summed E-state index contributed by atoms with van der Waals surface area (Å²) in [5.41, 5.74) is -2.97. The molecule has 0 unspecified atom stereocenters. The van der Waals surface area contributed by atoms with Crippen molar-refractivity contribution in [2.45, 2.75) is 19.3 Å². The van der Waals surface area contributed by atoms with E-state index in [1.54, 1.807) is 31.2 Å². The molecule has 2 rings (SSSR count). The molecule has 2 N–H and O–H groups in total. The quantitative estimate of drug-likeness (QED) is 0.396. The number of benzene rings is 2. The van der Waals surface area contributed by atoms with Crippen LogP contribution in [0.5, 0.6) is 0 Å². The van der Waals surface area contributed by atoms with E-state index in [0.29, 0.717) is 17.8 Å². The molecule has 0 saturated carbocycles. The number of hydrogen-bond donors (Lipinski definition) is 2. The first-order valence-electron chi connectivity index (χ1n) is 7.94. The lowest BCUT2D eigenvalue weighted by Gasteiger charge is -2.14. The normalized spacial score (nSPS) is 12.3. The molecule has 0 heterocycles. The molecule has 29 heavy (non-hydrogen) atoms. The number of nitriles is 1. The Morgan fingerprint density at radius 3 is 2.03 bits per heavy atom. The van der Waals surface area contributed by atoms with Crippen molar-refractivity contribution in [2.24, 2.45) is 0 Å². The van der Waals surface area contributed by atoms with Gasteiger partial charge in [0.2, 0.25) is 0 Å². The molecular formula is C19H13F6N3O. The summed E-state index contributed by atoms with van der Waals surface area (Å²) >= 11 is 0. The van der Waals surface area contributed by atoms with Gasteiger partial charge in [-0.05, 0) is 42.8 Å². The average molecular weight is 413 g/mol. The number of carbonyl (C=O) groups excluding carboxylic acids is 1. The van der Waals surface area contributed by atoms with E-state index in [-0.39, 0.29) is 6.07 Å². The molecule has 0 aliphatic heterocycles. The molecule has 0 aliphatic rings. The number of nitrogens with zero attached hydrogens (tertiary/aromatic N) is 1. The van der Waals surface area contributed by atoms with Crippen LogP contribution in [-0.4, -0.2) is 5.91 Å². The number of nitrogens with one attached hydrogen (secondary N) is 2. The molecule has 0 fully saturated rings. The lowest BCUT2D eigenvalue weighted by molar-refractivity contribution is -0.143. The lowest BCUT2D eigenvalue weighted by Crippen LogP contribution is -2.15. The van der Waals surface area contributed by atoms with Crippen LogP contribution in [0.3, 0.4) is 0 Å². The molecule has 0 bridgehead atoms. The predicted octanol–water partition coefficient (Wildman–Crippen LogP) is 5.49. The Hall–Kier alpha value is -3.48. The van der Waals surface area contributed by atoms with Gasteiger partial charge < -0.3 is 10.6 Å². The Bertz CT molecular complexity index is 954. The molecule has 2 aromatic carbocycles. The predicted molar refractivity (Wildman–Crippen MR) is 93.6 cm³/mol. The molecule has 0 aliphatic carbocycles. The molecule has 0 radical (unpaired) electrons. The van der Waals surface area contributed by atoms with Crippen molar-refractivity contribution in [3.05, 3.63) is 70.9 Å². The van der Waals surface area contributed by atoms with Gasteiger partial charge in [0.15, 0.2) is 0 Å². The highest BCUT2D eigenvalue weighted by atomic mass is 19.4. The summed E-state index contributed by atoms with van der Waals surface area (Å²) in [6.45, 7) is 1.77. The summed E-state index contributed by atoms with van der Waals surface area (Å²) in [6.07, 6.45) is -9.29. The third-order valence-corrected chi connectivity index (χ3v) is 3.61. The maximum absolute atomic E-state index is 12.9. The fourth-order valence-electron chi connectivity index (χ4n) is 2.26. The van der Waals surface area contributed by atoms with Crippen LogP contribution in [0.2, 0.25) is 0 Å². The van der Waals surface area contributed by atoms with Crippen LogP contribution < -0.4 is 10.6 Å². The number of halogens is 6. The molecule has 0 saturated heterocycles. The number of rotatable bonds is 4. The van der Waals surface area contributed by atoms with E-state index in [1.165, 1.54) is 6.07 Å². The van der Waals surface area contributed by atoms with E-state index in [2.05, 4.69) is 10.6 Å². The largest absolute Gasteiger partial charge is 0.416 e. The first-order chi connectivity index (χ1) is 13.4. The first kappa shape index (κ1) is 21.8. The second kappa shape index (κ2) is 8.26. The maximum atomic E-state index is 12.9. The molecule has 2 aromatic rings. The van der Waals surface area contributed by atoms with E-state index < -0.39 is 40.6 Å². The van der Waals surface area contributed by atoms with Gasteiger partial charge >= 0.3 is 12.4 Å². The number of carbonyl (C=O) groups is 1. The zero-order valence-corrected chi connectivity index (χ0v) is 14.7.